The van der Waals surface area contributed by atoms with Crippen molar-refractivity contribution in [3.8, 4) is 5.75 Å². The van der Waals surface area contributed by atoms with Gasteiger partial charge < -0.3 is 9.64 Å². The van der Waals surface area contributed by atoms with Crippen LogP contribution in [0.15, 0.2) is 54.6 Å². The zero-order valence-electron chi connectivity index (χ0n) is 19.7. The smallest absolute Gasteiger partial charge is 0.258 e. The fraction of sp³-hybridized carbons (Fsp3) is 0.296. The van der Waals surface area contributed by atoms with E-state index in [-0.39, 0.29) is 11.8 Å². The number of thiazole rings is 1. The minimum absolute atomic E-state index is 0.174. The number of aromatic nitrogens is 1. The number of nitrogens with one attached hydrogen (secondary N) is 1. The third-order valence-corrected chi connectivity index (χ3v) is 6.64. The lowest BCUT2D eigenvalue weighted by atomic mass is 10.0. The molecule has 1 aliphatic rings. The molecular weight excluding hydrogens is 446 g/mol. The number of methoxy groups -OCH3 is 1. The van der Waals surface area contributed by atoms with Gasteiger partial charge in [-0.1, -0.05) is 67.6 Å². The van der Waals surface area contributed by atoms with Gasteiger partial charge in [0.2, 0.25) is 5.91 Å². The van der Waals surface area contributed by atoms with Gasteiger partial charge in [0, 0.05) is 29.8 Å². The molecule has 0 atom stereocenters. The third kappa shape index (κ3) is 5.72. The summed E-state index contributed by atoms with van der Waals surface area (Å²) in [6, 6.07) is 17.2. The molecule has 1 N–H and O–H groups in total. The molecule has 0 fully saturated rings. The van der Waals surface area contributed by atoms with Crippen LogP contribution in [0.4, 0.5) is 5.13 Å². The van der Waals surface area contributed by atoms with E-state index in [4.69, 9.17) is 4.74 Å². The maximum atomic E-state index is 13.3. The molecule has 1 aromatic heterocycles. The van der Waals surface area contributed by atoms with Gasteiger partial charge in [0.15, 0.2) is 5.13 Å². The standard InChI is InChI=1S/C27H29N3O3S/c1-18(2)15-25(31)30-14-13-23-24(17-30)34-27(28-23)29-26(32)22(20-7-5-4-6-8-20)16-19-9-11-21(33-3)12-10-19/h4-12,16,18H,13-15,17H2,1-3H3,(H,28,29,32)/b22-16+. The molecule has 0 bridgehead atoms. The van der Waals surface area contributed by atoms with Gasteiger partial charge >= 0.3 is 0 Å². The topological polar surface area (TPSA) is 71.5 Å². The van der Waals surface area contributed by atoms with Crippen LogP contribution in [0.5, 0.6) is 5.75 Å². The Morgan fingerprint density at radius 2 is 1.88 bits per heavy atom. The van der Waals surface area contributed by atoms with Gasteiger partial charge in [-0.25, -0.2) is 4.98 Å². The number of amides is 2. The summed E-state index contributed by atoms with van der Waals surface area (Å²) in [7, 11) is 1.63. The lowest BCUT2D eigenvalue weighted by Gasteiger charge is -2.26. The molecule has 0 saturated carbocycles. The van der Waals surface area contributed by atoms with Crippen LogP contribution in [-0.4, -0.2) is 35.4 Å². The van der Waals surface area contributed by atoms with Crippen LogP contribution >= 0.6 is 11.3 Å². The molecule has 3 aromatic rings. The van der Waals surface area contributed by atoms with Gasteiger partial charge in [-0.05, 0) is 35.3 Å². The summed E-state index contributed by atoms with van der Waals surface area (Å²) in [5.41, 5.74) is 3.23. The summed E-state index contributed by atoms with van der Waals surface area (Å²) < 4.78 is 5.23. The summed E-state index contributed by atoms with van der Waals surface area (Å²) in [6.45, 7) is 5.33. The predicted octanol–water partition coefficient (Wildman–Crippen LogP) is 5.26. The molecule has 2 aromatic carbocycles. The second-order valence-corrected chi connectivity index (χ2v) is 9.79. The first-order valence-electron chi connectivity index (χ1n) is 11.4. The van der Waals surface area contributed by atoms with Crippen LogP contribution in [0.1, 0.15) is 42.0 Å². The molecular formula is C27H29N3O3S. The number of anilines is 1. The first-order valence-corrected chi connectivity index (χ1v) is 12.2. The third-order valence-electron chi connectivity index (χ3n) is 5.64. The van der Waals surface area contributed by atoms with Crippen LogP contribution < -0.4 is 10.1 Å². The van der Waals surface area contributed by atoms with E-state index in [1.54, 1.807) is 7.11 Å². The lowest BCUT2D eigenvalue weighted by Crippen LogP contribution is -2.36. The molecule has 2 amide bonds. The van der Waals surface area contributed by atoms with E-state index in [0.29, 0.717) is 42.6 Å². The lowest BCUT2D eigenvalue weighted by molar-refractivity contribution is -0.132. The van der Waals surface area contributed by atoms with Crippen LogP contribution in [0.2, 0.25) is 0 Å². The van der Waals surface area contributed by atoms with Crippen LogP contribution in [0.25, 0.3) is 11.6 Å². The monoisotopic (exact) mass is 475 g/mol. The highest BCUT2D eigenvalue weighted by molar-refractivity contribution is 7.16. The average Bonchev–Trinajstić information content (AvgIpc) is 3.24. The Kier molecular flexibility index (Phi) is 7.43. The highest BCUT2D eigenvalue weighted by atomic mass is 32.1. The highest BCUT2D eigenvalue weighted by Gasteiger charge is 2.25. The summed E-state index contributed by atoms with van der Waals surface area (Å²) in [6.07, 6.45) is 3.12. The predicted molar refractivity (Wildman–Crippen MR) is 137 cm³/mol. The van der Waals surface area contributed by atoms with E-state index in [1.807, 2.05) is 65.6 Å². The minimum atomic E-state index is -0.221. The minimum Gasteiger partial charge on any atom is -0.497 e. The van der Waals surface area contributed by atoms with Crippen molar-refractivity contribution in [2.75, 3.05) is 19.0 Å². The SMILES string of the molecule is COc1ccc(/C=C(/C(=O)Nc2nc3c(s2)CN(C(=O)CC(C)C)CC3)c2ccccc2)cc1. The summed E-state index contributed by atoms with van der Waals surface area (Å²) in [5.74, 6) is 1.05. The van der Waals surface area contributed by atoms with Crippen molar-refractivity contribution in [1.29, 1.82) is 0 Å². The van der Waals surface area contributed by atoms with Crippen molar-refractivity contribution in [1.82, 2.24) is 9.88 Å². The number of fused-ring (bicyclic) bond motifs is 1. The largest absolute Gasteiger partial charge is 0.497 e. The molecule has 2 heterocycles. The Hall–Kier alpha value is -3.45. The quantitative estimate of drug-likeness (QED) is 0.374. The van der Waals surface area contributed by atoms with E-state index in [0.717, 1.165) is 27.4 Å². The van der Waals surface area contributed by atoms with E-state index < -0.39 is 0 Å². The Morgan fingerprint density at radius 3 is 2.56 bits per heavy atom. The molecule has 0 spiro atoms. The fourth-order valence-corrected chi connectivity index (χ4v) is 4.89. The van der Waals surface area contributed by atoms with E-state index in [9.17, 15) is 9.59 Å². The average molecular weight is 476 g/mol. The molecule has 0 unspecified atom stereocenters. The Bertz CT molecular complexity index is 1180. The molecule has 6 nitrogen and oxygen atoms in total. The number of carbonyl (C=O) groups excluding carboxylic acids is 2. The van der Waals surface area contributed by atoms with Gasteiger partial charge in [-0.2, -0.15) is 0 Å². The normalized spacial score (nSPS) is 13.5. The van der Waals surface area contributed by atoms with E-state index >= 15 is 0 Å². The number of carbonyl (C=O) groups is 2. The van der Waals surface area contributed by atoms with Gasteiger partial charge in [0.25, 0.3) is 5.91 Å². The van der Waals surface area contributed by atoms with Gasteiger partial charge in [0.1, 0.15) is 5.75 Å². The Morgan fingerprint density at radius 1 is 1.15 bits per heavy atom. The highest BCUT2D eigenvalue weighted by Crippen LogP contribution is 2.30. The Labute approximate surface area is 204 Å². The van der Waals surface area contributed by atoms with Crippen LogP contribution in [0.3, 0.4) is 0 Å². The van der Waals surface area contributed by atoms with Crippen molar-refractivity contribution in [2.24, 2.45) is 5.92 Å². The maximum absolute atomic E-state index is 13.3. The molecule has 0 radical (unpaired) electrons. The number of ether oxygens (including phenoxy) is 1. The zero-order valence-corrected chi connectivity index (χ0v) is 20.5. The second-order valence-electron chi connectivity index (χ2n) is 8.70. The zero-order chi connectivity index (χ0) is 24.1. The van der Waals surface area contributed by atoms with Crippen molar-refractivity contribution in [3.63, 3.8) is 0 Å². The molecule has 0 aliphatic carbocycles. The van der Waals surface area contributed by atoms with Crippen molar-refractivity contribution in [2.45, 2.75) is 33.2 Å². The van der Waals surface area contributed by atoms with E-state index in [2.05, 4.69) is 24.1 Å². The number of benzene rings is 2. The summed E-state index contributed by atoms with van der Waals surface area (Å²) >= 11 is 1.45. The molecule has 34 heavy (non-hydrogen) atoms. The fourth-order valence-electron chi connectivity index (χ4n) is 3.87. The van der Waals surface area contributed by atoms with Gasteiger partial charge in [-0.15, -0.1) is 0 Å². The van der Waals surface area contributed by atoms with Gasteiger partial charge in [-0.3, -0.25) is 14.9 Å². The first kappa shape index (κ1) is 23.7. The Balaban J connectivity index is 1.54. The number of hydrogen-bond acceptors (Lipinski definition) is 5. The van der Waals surface area contributed by atoms with Crippen LogP contribution in [-0.2, 0) is 22.6 Å². The number of nitrogens with zero attached hydrogens (tertiary/aromatic N) is 2. The molecule has 176 valence electrons. The maximum Gasteiger partial charge on any atom is 0.258 e. The molecule has 4 rings (SSSR count). The van der Waals surface area contributed by atoms with Crippen molar-refractivity contribution < 1.29 is 14.3 Å². The summed E-state index contributed by atoms with van der Waals surface area (Å²) in [5, 5.41) is 3.55. The molecule has 7 heteroatoms. The molecule has 1 aliphatic heterocycles. The van der Waals surface area contributed by atoms with E-state index in [1.165, 1.54) is 11.3 Å². The van der Waals surface area contributed by atoms with Crippen LogP contribution in [0, 0.1) is 5.92 Å². The second kappa shape index (κ2) is 10.7. The molecule has 0 saturated heterocycles. The van der Waals surface area contributed by atoms with Crippen molar-refractivity contribution >= 4 is 39.9 Å². The number of hydrogen-bond donors (Lipinski definition) is 1. The first-order chi connectivity index (χ1) is 16.4. The number of rotatable bonds is 7. The van der Waals surface area contributed by atoms with Crippen molar-refractivity contribution in [3.05, 3.63) is 76.3 Å². The van der Waals surface area contributed by atoms with Gasteiger partial charge in [0.05, 0.1) is 19.3 Å². The summed E-state index contributed by atoms with van der Waals surface area (Å²) in [4.78, 5) is 33.4.